The van der Waals surface area contributed by atoms with Crippen molar-refractivity contribution >= 4 is 21.4 Å². The van der Waals surface area contributed by atoms with Gasteiger partial charge in [-0.1, -0.05) is 0 Å². The third-order valence-corrected chi connectivity index (χ3v) is 7.11. The Hall–Kier alpha value is -2.54. The molecule has 0 aliphatic carbocycles. The largest absolute Gasteiger partial charge is 0.492 e. The molecule has 1 saturated heterocycles. The van der Waals surface area contributed by atoms with Crippen molar-refractivity contribution in [1.29, 1.82) is 0 Å². The van der Waals surface area contributed by atoms with Crippen molar-refractivity contribution in [3.05, 3.63) is 52.3 Å². The fourth-order valence-corrected chi connectivity index (χ4v) is 4.91. The summed E-state index contributed by atoms with van der Waals surface area (Å²) in [6.45, 7) is 1.91. The number of benzene rings is 1. The van der Waals surface area contributed by atoms with Crippen LogP contribution in [0, 0.1) is 0 Å². The minimum atomic E-state index is -3.53. The second-order valence-corrected chi connectivity index (χ2v) is 9.05. The lowest BCUT2D eigenvalue weighted by Gasteiger charge is -2.26. The second-order valence-electron chi connectivity index (χ2n) is 6.18. The Morgan fingerprint density at radius 3 is 2.55 bits per heavy atom. The SMILES string of the molecule is O=c1n(CCOc2ccc(S(=O)(=O)N3CCOCC3)cc2)nnn1-c1cccs1. The third-order valence-electron chi connectivity index (χ3n) is 4.36. The predicted octanol–water partition coefficient (Wildman–Crippen LogP) is 0.590. The molecule has 1 aliphatic rings. The Morgan fingerprint density at radius 2 is 1.86 bits per heavy atom. The van der Waals surface area contributed by atoms with Crippen LogP contribution in [0.5, 0.6) is 5.75 Å². The normalized spacial score (nSPS) is 15.4. The number of thiophene rings is 1. The molecule has 3 aromatic rings. The molecule has 2 aromatic heterocycles. The Balaban J connectivity index is 1.36. The number of nitrogens with zero attached hydrogens (tertiary/aromatic N) is 5. The number of hydrogen-bond donors (Lipinski definition) is 0. The molecule has 154 valence electrons. The van der Waals surface area contributed by atoms with Crippen LogP contribution in [0.15, 0.2) is 51.5 Å². The summed E-state index contributed by atoms with van der Waals surface area (Å²) in [4.78, 5) is 12.5. The number of sulfonamides is 1. The van der Waals surface area contributed by atoms with E-state index < -0.39 is 10.0 Å². The first-order chi connectivity index (χ1) is 14.1. The van der Waals surface area contributed by atoms with Crippen molar-refractivity contribution in [2.75, 3.05) is 32.9 Å². The summed E-state index contributed by atoms with van der Waals surface area (Å²) in [6, 6.07) is 9.83. The van der Waals surface area contributed by atoms with Crippen molar-refractivity contribution in [2.45, 2.75) is 11.4 Å². The molecule has 0 N–H and O–H groups in total. The number of ether oxygens (including phenoxy) is 2. The van der Waals surface area contributed by atoms with E-state index in [0.717, 1.165) is 0 Å². The molecule has 0 atom stereocenters. The van der Waals surface area contributed by atoms with E-state index in [1.54, 1.807) is 18.2 Å². The van der Waals surface area contributed by atoms with Gasteiger partial charge in [-0.25, -0.2) is 13.2 Å². The topological polar surface area (TPSA) is 109 Å². The molecule has 0 amide bonds. The highest BCUT2D eigenvalue weighted by Crippen LogP contribution is 2.20. The smallest absolute Gasteiger partial charge is 0.369 e. The van der Waals surface area contributed by atoms with Crippen molar-refractivity contribution in [1.82, 2.24) is 24.1 Å². The fraction of sp³-hybridized carbons (Fsp3) is 0.353. The average molecular weight is 438 g/mol. The lowest BCUT2D eigenvalue weighted by Crippen LogP contribution is -2.40. The minimum Gasteiger partial charge on any atom is -0.492 e. The van der Waals surface area contributed by atoms with Crippen LogP contribution < -0.4 is 10.4 Å². The molecular formula is C17H19N5O5S2. The summed E-state index contributed by atoms with van der Waals surface area (Å²) in [5, 5.41) is 10.3. The van der Waals surface area contributed by atoms with Gasteiger partial charge in [0.25, 0.3) is 0 Å². The molecule has 3 heterocycles. The van der Waals surface area contributed by atoms with Crippen LogP contribution in [0.2, 0.25) is 0 Å². The molecule has 0 saturated carbocycles. The van der Waals surface area contributed by atoms with Crippen LogP contribution in [0.25, 0.3) is 5.00 Å². The Labute approximate surface area is 170 Å². The first-order valence-corrected chi connectivity index (χ1v) is 11.3. The first kappa shape index (κ1) is 19.8. The van der Waals surface area contributed by atoms with E-state index >= 15 is 0 Å². The minimum absolute atomic E-state index is 0.193. The summed E-state index contributed by atoms with van der Waals surface area (Å²) >= 11 is 1.39. The van der Waals surface area contributed by atoms with Gasteiger partial charge >= 0.3 is 5.69 Å². The summed E-state index contributed by atoms with van der Waals surface area (Å²) < 4.78 is 39.9. The van der Waals surface area contributed by atoms with Crippen LogP contribution in [0.4, 0.5) is 0 Å². The molecule has 10 nitrogen and oxygen atoms in total. The van der Waals surface area contributed by atoms with E-state index in [4.69, 9.17) is 9.47 Å². The quantitative estimate of drug-likeness (QED) is 0.532. The van der Waals surface area contributed by atoms with Gasteiger partial charge in [-0.15, -0.1) is 11.3 Å². The van der Waals surface area contributed by atoms with E-state index in [1.807, 2.05) is 11.4 Å². The monoisotopic (exact) mass is 437 g/mol. The molecule has 4 rings (SSSR count). The first-order valence-electron chi connectivity index (χ1n) is 8.93. The molecule has 0 bridgehead atoms. The van der Waals surface area contributed by atoms with Gasteiger partial charge in [0.1, 0.15) is 17.4 Å². The van der Waals surface area contributed by atoms with Crippen molar-refractivity contribution in [3.63, 3.8) is 0 Å². The predicted molar refractivity (Wildman–Crippen MR) is 105 cm³/mol. The highest BCUT2D eigenvalue weighted by molar-refractivity contribution is 7.89. The zero-order valence-corrected chi connectivity index (χ0v) is 17.0. The molecule has 0 unspecified atom stereocenters. The lowest BCUT2D eigenvalue weighted by atomic mass is 10.3. The number of hydrogen-bond acceptors (Lipinski definition) is 8. The summed E-state index contributed by atoms with van der Waals surface area (Å²) in [5.41, 5.74) is -0.344. The van der Waals surface area contributed by atoms with Gasteiger partial charge < -0.3 is 9.47 Å². The van der Waals surface area contributed by atoms with Gasteiger partial charge in [0.15, 0.2) is 0 Å². The summed E-state index contributed by atoms with van der Waals surface area (Å²) in [5.74, 6) is 0.504. The van der Waals surface area contributed by atoms with Gasteiger partial charge in [-0.05, 0) is 52.2 Å². The lowest BCUT2D eigenvalue weighted by molar-refractivity contribution is 0.0730. The van der Waals surface area contributed by atoms with Gasteiger partial charge in [0.05, 0.1) is 24.7 Å². The van der Waals surface area contributed by atoms with Gasteiger partial charge in [-0.3, -0.25) is 0 Å². The maximum absolute atomic E-state index is 12.6. The van der Waals surface area contributed by atoms with Gasteiger partial charge in [0.2, 0.25) is 10.0 Å². The molecule has 1 aliphatic heterocycles. The Morgan fingerprint density at radius 1 is 1.10 bits per heavy atom. The molecule has 0 radical (unpaired) electrons. The highest BCUT2D eigenvalue weighted by Gasteiger charge is 2.26. The maximum Gasteiger partial charge on any atom is 0.369 e. The summed E-state index contributed by atoms with van der Waals surface area (Å²) in [6.07, 6.45) is 0. The van der Waals surface area contributed by atoms with Crippen LogP contribution in [-0.2, 0) is 21.3 Å². The van der Waals surface area contributed by atoms with Crippen molar-refractivity contribution in [3.8, 4) is 10.8 Å². The molecule has 1 fully saturated rings. The van der Waals surface area contributed by atoms with Crippen LogP contribution in [0.1, 0.15) is 0 Å². The fourth-order valence-electron chi connectivity index (χ4n) is 2.84. The van der Waals surface area contributed by atoms with Crippen molar-refractivity contribution in [2.24, 2.45) is 0 Å². The zero-order chi connectivity index (χ0) is 20.3. The molecular weight excluding hydrogens is 418 g/mol. The van der Waals surface area contributed by atoms with E-state index in [2.05, 4.69) is 10.4 Å². The number of rotatable bonds is 7. The van der Waals surface area contributed by atoms with Crippen LogP contribution in [-0.4, -0.2) is 65.4 Å². The zero-order valence-electron chi connectivity index (χ0n) is 15.4. The number of morpholine rings is 1. The van der Waals surface area contributed by atoms with Gasteiger partial charge in [0, 0.05) is 13.1 Å². The van der Waals surface area contributed by atoms with Crippen molar-refractivity contribution < 1.29 is 17.9 Å². The highest BCUT2D eigenvalue weighted by atomic mass is 32.2. The van der Waals surface area contributed by atoms with E-state index in [0.29, 0.717) is 37.1 Å². The standard InChI is InChI=1S/C17H19N5O5S2/c23-17-21(18-19-22(17)16-2-1-13-28-16)9-12-27-14-3-5-15(6-4-14)29(24,25)20-7-10-26-11-8-20/h1-6,13H,7-12H2. The van der Waals surface area contributed by atoms with E-state index in [1.165, 1.54) is 37.1 Å². The number of aromatic nitrogens is 4. The van der Waals surface area contributed by atoms with Crippen LogP contribution in [0.3, 0.4) is 0 Å². The molecule has 12 heteroatoms. The van der Waals surface area contributed by atoms with E-state index in [9.17, 15) is 13.2 Å². The molecule has 0 spiro atoms. The second kappa shape index (κ2) is 8.45. The molecule has 1 aromatic carbocycles. The average Bonchev–Trinajstić information content (AvgIpc) is 3.39. The Bertz CT molecular complexity index is 1100. The Kier molecular flexibility index (Phi) is 5.76. The van der Waals surface area contributed by atoms with E-state index in [-0.39, 0.29) is 23.7 Å². The number of tetrazole rings is 1. The molecule has 29 heavy (non-hydrogen) atoms. The maximum atomic E-state index is 12.6. The summed E-state index contributed by atoms with van der Waals surface area (Å²) in [7, 11) is -3.53. The van der Waals surface area contributed by atoms with Gasteiger partial charge in [-0.2, -0.15) is 13.7 Å². The third kappa shape index (κ3) is 4.24. The van der Waals surface area contributed by atoms with Crippen LogP contribution >= 0.6 is 11.3 Å².